The standard InChI is InChI=1S/C21H26F3N3O3S/c1-14-9-11-16(12-10-14)18(27(3)4)13-25-20(28)15(2)26-31(29,30)19-8-6-5-7-17(19)21(22,23)24/h5-12,15,18,26H,13H2,1-4H3,(H,25,28)/t15-,18?/m0/s1. The molecule has 31 heavy (non-hydrogen) atoms. The van der Waals surface area contributed by atoms with Crippen LogP contribution in [0.1, 0.15) is 29.7 Å². The Morgan fingerprint density at radius 3 is 2.19 bits per heavy atom. The fraction of sp³-hybridized carbons (Fsp3) is 0.381. The summed E-state index contributed by atoms with van der Waals surface area (Å²) in [6.07, 6.45) is -4.84. The Bertz CT molecular complexity index is 1010. The Balaban J connectivity index is 2.11. The van der Waals surface area contributed by atoms with Gasteiger partial charge >= 0.3 is 6.18 Å². The van der Waals surface area contributed by atoms with Crippen LogP contribution < -0.4 is 10.0 Å². The summed E-state index contributed by atoms with van der Waals surface area (Å²) in [4.78, 5) is 13.4. The Labute approximate surface area is 180 Å². The van der Waals surface area contributed by atoms with Gasteiger partial charge in [-0.2, -0.15) is 17.9 Å². The first kappa shape index (κ1) is 24.8. The van der Waals surface area contributed by atoms with Crippen LogP contribution in [0.15, 0.2) is 53.4 Å². The van der Waals surface area contributed by atoms with Crippen LogP contribution in [-0.4, -0.2) is 45.9 Å². The van der Waals surface area contributed by atoms with Gasteiger partial charge in [-0.15, -0.1) is 0 Å². The molecule has 0 aliphatic heterocycles. The van der Waals surface area contributed by atoms with Gasteiger partial charge in [-0.25, -0.2) is 8.42 Å². The van der Waals surface area contributed by atoms with Crippen LogP contribution in [0.5, 0.6) is 0 Å². The first-order chi connectivity index (χ1) is 14.3. The topological polar surface area (TPSA) is 78.5 Å². The van der Waals surface area contributed by atoms with E-state index in [4.69, 9.17) is 0 Å². The number of nitrogens with one attached hydrogen (secondary N) is 2. The normalized spacial score (nSPS) is 14.3. The third-order valence-electron chi connectivity index (χ3n) is 4.76. The summed E-state index contributed by atoms with van der Waals surface area (Å²) < 4.78 is 66.6. The zero-order valence-corrected chi connectivity index (χ0v) is 18.5. The van der Waals surface area contributed by atoms with Crippen molar-refractivity contribution in [2.45, 2.75) is 37.0 Å². The molecule has 0 fully saturated rings. The zero-order chi connectivity index (χ0) is 23.4. The number of nitrogens with zero attached hydrogens (tertiary/aromatic N) is 1. The molecule has 2 atom stereocenters. The second-order valence-corrected chi connectivity index (χ2v) is 9.15. The third-order valence-corrected chi connectivity index (χ3v) is 6.36. The van der Waals surface area contributed by atoms with Gasteiger partial charge in [0.15, 0.2) is 0 Å². The second-order valence-electron chi connectivity index (χ2n) is 7.47. The molecule has 170 valence electrons. The molecule has 0 spiro atoms. The van der Waals surface area contributed by atoms with E-state index in [0.29, 0.717) is 6.07 Å². The first-order valence-electron chi connectivity index (χ1n) is 9.52. The Morgan fingerprint density at radius 1 is 1.06 bits per heavy atom. The maximum atomic E-state index is 13.2. The van der Waals surface area contributed by atoms with Gasteiger partial charge in [-0.1, -0.05) is 42.0 Å². The van der Waals surface area contributed by atoms with Crippen LogP contribution in [0.25, 0.3) is 0 Å². The van der Waals surface area contributed by atoms with E-state index in [0.717, 1.165) is 23.3 Å². The van der Waals surface area contributed by atoms with Gasteiger partial charge in [0.25, 0.3) is 0 Å². The average molecular weight is 458 g/mol. The number of aryl methyl sites for hydroxylation is 1. The van der Waals surface area contributed by atoms with Crippen LogP contribution >= 0.6 is 0 Å². The Morgan fingerprint density at radius 2 is 1.65 bits per heavy atom. The molecule has 0 bridgehead atoms. The quantitative estimate of drug-likeness (QED) is 0.639. The molecule has 2 aromatic rings. The number of carbonyl (C=O) groups excluding carboxylic acids is 1. The fourth-order valence-electron chi connectivity index (χ4n) is 3.02. The lowest BCUT2D eigenvalue weighted by Crippen LogP contribution is -2.46. The number of hydrogen-bond acceptors (Lipinski definition) is 4. The van der Waals surface area contributed by atoms with E-state index in [1.807, 2.05) is 54.9 Å². The largest absolute Gasteiger partial charge is 0.417 e. The molecule has 0 radical (unpaired) electrons. The number of benzene rings is 2. The van der Waals surface area contributed by atoms with Crippen LogP contribution in [0, 0.1) is 6.92 Å². The van der Waals surface area contributed by atoms with Gasteiger partial charge in [-0.05, 0) is 45.6 Å². The SMILES string of the molecule is Cc1ccc(C(CNC(=O)[C@H](C)NS(=O)(=O)c2ccccc2C(F)(F)F)N(C)C)cc1. The summed E-state index contributed by atoms with van der Waals surface area (Å²) in [6, 6.07) is 10.2. The average Bonchev–Trinajstić information content (AvgIpc) is 2.68. The minimum absolute atomic E-state index is 0.167. The van der Waals surface area contributed by atoms with Gasteiger partial charge in [-0.3, -0.25) is 4.79 Å². The highest BCUT2D eigenvalue weighted by atomic mass is 32.2. The van der Waals surface area contributed by atoms with Gasteiger partial charge in [0.2, 0.25) is 15.9 Å². The molecule has 1 amide bonds. The van der Waals surface area contributed by atoms with E-state index in [1.165, 1.54) is 13.0 Å². The van der Waals surface area contributed by atoms with Crippen molar-refractivity contribution in [2.75, 3.05) is 20.6 Å². The third kappa shape index (κ3) is 6.52. The molecule has 0 saturated carbocycles. The number of alkyl halides is 3. The summed E-state index contributed by atoms with van der Waals surface area (Å²) in [5, 5.41) is 2.67. The van der Waals surface area contributed by atoms with Crippen molar-refractivity contribution in [3.8, 4) is 0 Å². The number of rotatable bonds is 8. The molecule has 10 heteroatoms. The number of halogens is 3. The molecular weight excluding hydrogens is 431 g/mol. The number of likely N-dealkylation sites (N-methyl/N-ethyl adjacent to an activating group) is 1. The van der Waals surface area contributed by atoms with Gasteiger partial charge in [0.05, 0.1) is 22.5 Å². The molecule has 2 N–H and O–H groups in total. The molecule has 0 heterocycles. The molecule has 2 aromatic carbocycles. The molecule has 0 saturated heterocycles. The van der Waals surface area contributed by atoms with Gasteiger partial charge < -0.3 is 10.2 Å². The lowest BCUT2D eigenvalue weighted by molar-refractivity contribution is -0.139. The molecule has 0 aliphatic rings. The molecule has 0 aromatic heterocycles. The zero-order valence-electron chi connectivity index (χ0n) is 17.7. The van der Waals surface area contributed by atoms with Crippen LogP contribution in [0.4, 0.5) is 13.2 Å². The number of hydrogen-bond donors (Lipinski definition) is 2. The van der Waals surface area contributed by atoms with Crippen molar-refractivity contribution in [3.05, 3.63) is 65.2 Å². The van der Waals surface area contributed by atoms with Gasteiger partial charge in [0.1, 0.15) is 0 Å². The maximum absolute atomic E-state index is 13.2. The maximum Gasteiger partial charge on any atom is 0.417 e. The number of amides is 1. The van der Waals surface area contributed by atoms with Crippen molar-refractivity contribution < 1.29 is 26.4 Å². The van der Waals surface area contributed by atoms with E-state index < -0.39 is 38.6 Å². The van der Waals surface area contributed by atoms with Gasteiger partial charge in [0, 0.05) is 6.54 Å². The predicted molar refractivity (Wildman–Crippen MR) is 112 cm³/mol. The minimum atomic E-state index is -4.84. The second kappa shape index (κ2) is 9.80. The molecule has 0 aliphatic carbocycles. The number of carbonyl (C=O) groups is 1. The summed E-state index contributed by atoms with van der Waals surface area (Å²) in [5.74, 6) is -0.646. The van der Waals surface area contributed by atoms with Crippen molar-refractivity contribution in [2.24, 2.45) is 0 Å². The van der Waals surface area contributed by atoms with E-state index in [-0.39, 0.29) is 12.6 Å². The summed E-state index contributed by atoms with van der Waals surface area (Å²) in [5.41, 5.74) is 0.762. The number of sulfonamides is 1. The predicted octanol–water partition coefficient (Wildman–Crippen LogP) is 3.10. The minimum Gasteiger partial charge on any atom is -0.353 e. The molecular formula is C21H26F3N3O3S. The summed E-state index contributed by atoms with van der Waals surface area (Å²) in [6.45, 7) is 3.43. The van der Waals surface area contributed by atoms with Crippen molar-refractivity contribution in [1.29, 1.82) is 0 Å². The van der Waals surface area contributed by atoms with Crippen molar-refractivity contribution in [3.63, 3.8) is 0 Å². The van der Waals surface area contributed by atoms with Crippen LogP contribution in [0.3, 0.4) is 0 Å². The smallest absolute Gasteiger partial charge is 0.353 e. The molecule has 1 unspecified atom stereocenters. The lowest BCUT2D eigenvalue weighted by Gasteiger charge is -2.26. The van der Waals surface area contributed by atoms with E-state index >= 15 is 0 Å². The lowest BCUT2D eigenvalue weighted by atomic mass is 10.0. The highest BCUT2D eigenvalue weighted by Gasteiger charge is 2.37. The van der Waals surface area contributed by atoms with E-state index in [1.54, 1.807) is 0 Å². The summed E-state index contributed by atoms with van der Waals surface area (Å²) in [7, 11) is -0.883. The molecule has 6 nitrogen and oxygen atoms in total. The molecule has 2 rings (SSSR count). The highest BCUT2D eigenvalue weighted by molar-refractivity contribution is 7.89. The first-order valence-corrected chi connectivity index (χ1v) is 11.0. The van der Waals surface area contributed by atoms with Crippen LogP contribution in [0.2, 0.25) is 0 Å². The summed E-state index contributed by atoms with van der Waals surface area (Å²) >= 11 is 0. The van der Waals surface area contributed by atoms with Crippen LogP contribution in [-0.2, 0) is 21.0 Å². The van der Waals surface area contributed by atoms with Crippen molar-refractivity contribution >= 4 is 15.9 Å². The fourth-order valence-corrected chi connectivity index (χ4v) is 4.45. The van der Waals surface area contributed by atoms with E-state index in [9.17, 15) is 26.4 Å². The monoisotopic (exact) mass is 457 g/mol. The van der Waals surface area contributed by atoms with Crippen molar-refractivity contribution in [1.82, 2.24) is 14.9 Å². The Kier molecular flexibility index (Phi) is 7.85. The highest BCUT2D eigenvalue weighted by Crippen LogP contribution is 2.33. The Hall–Kier alpha value is -2.43. The van der Waals surface area contributed by atoms with E-state index in [2.05, 4.69) is 5.32 Å².